The summed E-state index contributed by atoms with van der Waals surface area (Å²) < 4.78 is 0. The average Bonchev–Trinajstić information content (AvgIpc) is 3.12. The van der Waals surface area contributed by atoms with E-state index in [9.17, 15) is 9.59 Å². The fourth-order valence-electron chi connectivity index (χ4n) is 3.58. The monoisotopic (exact) mass is 305 g/mol. The maximum Gasteiger partial charge on any atom is 0.328 e. The lowest BCUT2D eigenvalue weighted by Crippen LogP contribution is -2.46. The molecule has 2 heterocycles. The predicted molar refractivity (Wildman–Crippen MR) is 82.4 cm³/mol. The van der Waals surface area contributed by atoms with E-state index in [-0.39, 0.29) is 5.91 Å². The second kappa shape index (κ2) is 6.02. The molecular formula is C16H19NO3S. The molecule has 2 atom stereocenters. The summed E-state index contributed by atoms with van der Waals surface area (Å²) in [5.41, 5.74) is 0.692. The van der Waals surface area contributed by atoms with Gasteiger partial charge in [0.15, 0.2) is 0 Å². The van der Waals surface area contributed by atoms with Gasteiger partial charge in [0.1, 0.15) is 0 Å². The molecule has 112 valence electrons. The number of nitrogens with zero attached hydrogens (tertiary/aromatic N) is 1. The summed E-state index contributed by atoms with van der Waals surface area (Å²) in [7, 11) is 0. The van der Waals surface area contributed by atoms with Crippen LogP contribution in [0.4, 0.5) is 0 Å². The third kappa shape index (κ3) is 3.02. The number of carboxylic acids is 1. The molecule has 21 heavy (non-hydrogen) atoms. The standard InChI is InChI=1S/C16H19NO3S/c18-15(19)7-6-13-9-12(10-21-13)16(20)17-8-2-4-11-3-1-5-14(11)17/h6-7,9-11,14H,1-5,8H2,(H,18,19). The molecule has 0 bridgehead atoms. The van der Waals surface area contributed by atoms with E-state index in [0.717, 1.165) is 30.3 Å². The number of fused-ring (bicyclic) bond motifs is 1. The maximum atomic E-state index is 12.7. The van der Waals surface area contributed by atoms with Crippen LogP contribution in [0, 0.1) is 5.92 Å². The number of amides is 1. The fraction of sp³-hybridized carbons (Fsp3) is 0.500. The minimum atomic E-state index is -0.971. The van der Waals surface area contributed by atoms with Gasteiger partial charge in [0.25, 0.3) is 5.91 Å². The fourth-order valence-corrected chi connectivity index (χ4v) is 4.35. The molecule has 1 saturated carbocycles. The zero-order valence-corrected chi connectivity index (χ0v) is 12.6. The van der Waals surface area contributed by atoms with Crippen LogP contribution in [0.15, 0.2) is 17.5 Å². The van der Waals surface area contributed by atoms with Gasteiger partial charge in [-0.2, -0.15) is 0 Å². The normalized spacial score (nSPS) is 25.2. The van der Waals surface area contributed by atoms with Crippen LogP contribution in [0.1, 0.15) is 47.3 Å². The van der Waals surface area contributed by atoms with Gasteiger partial charge in [-0.1, -0.05) is 6.42 Å². The molecule has 3 rings (SSSR count). The third-order valence-corrected chi connectivity index (χ3v) is 5.41. The molecule has 2 unspecified atom stereocenters. The summed E-state index contributed by atoms with van der Waals surface area (Å²) in [6.07, 6.45) is 8.62. The van der Waals surface area contributed by atoms with Gasteiger partial charge in [-0.05, 0) is 43.7 Å². The van der Waals surface area contributed by atoms with Crippen molar-refractivity contribution in [2.24, 2.45) is 5.92 Å². The first-order valence-corrected chi connectivity index (χ1v) is 8.33. The van der Waals surface area contributed by atoms with Gasteiger partial charge in [-0.3, -0.25) is 4.79 Å². The van der Waals surface area contributed by atoms with E-state index in [1.54, 1.807) is 12.1 Å². The highest BCUT2D eigenvalue weighted by Gasteiger charge is 2.37. The minimum absolute atomic E-state index is 0.109. The number of piperidine rings is 1. The Morgan fingerprint density at radius 3 is 2.90 bits per heavy atom. The van der Waals surface area contributed by atoms with E-state index >= 15 is 0 Å². The number of hydrogen-bond donors (Lipinski definition) is 1. The molecule has 0 spiro atoms. The molecule has 2 fully saturated rings. The molecule has 0 aromatic carbocycles. The quantitative estimate of drug-likeness (QED) is 0.872. The number of likely N-dealkylation sites (tertiary alicyclic amines) is 1. The Bertz CT molecular complexity index is 578. The van der Waals surface area contributed by atoms with Crippen LogP contribution < -0.4 is 0 Å². The van der Waals surface area contributed by atoms with Gasteiger partial charge >= 0.3 is 5.97 Å². The van der Waals surface area contributed by atoms with E-state index in [0.29, 0.717) is 17.5 Å². The van der Waals surface area contributed by atoms with Crippen molar-refractivity contribution in [2.75, 3.05) is 6.54 Å². The van der Waals surface area contributed by atoms with E-state index in [2.05, 4.69) is 0 Å². The predicted octanol–water partition coefficient (Wildman–Crippen LogP) is 3.25. The van der Waals surface area contributed by atoms with Crippen LogP contribution in [-0.4, -0.2) is 34.5 Å². The van der Waals surface area contributed by atoms with E-state index < -0.39 is 5.97 Å². The molecule has 2 aliphatic rings. The Hall–Kier alpha value is -1.62. The van der Waals surface area contributed by atoms with Crippen molar-refractivity contribution in [3.05, 3.63) is 28.0 Å². The van der Waals surface area contributed by atoms with Crippen molar-refractivity contribution in [3.63, 3.8) is 0 Å². The van der Waals surface area contributed by atoms with Crippen LogP contribution in [0.5, 0.6) is 0 Å². The van der Waals surface area contributed by atoms with Crippen molar-refractivity contribution in [1.29, 1.82) is 0 Å². The largest absolute Gasteiger partial charge is 0.478 e. The van der Waals surface area contributed by atoms with Crippen molar-refractivity contribution in [1.82, 2.24) is 4.90 Å². The van der Waals surface area contributed by atoms with Crippen LogP contribution in [-0.2, 0) is 4.79 Å². The molecule has 1 aromatic heterocycles. The van der Waals surface area contributed by atoms with Crippen molar-refractivity contribution in [2.45, 2.75) is 38.1 Å². The highest BCUT2D eigenvalue weighted by atomic mass is 32.1. The molecule has 1 saturated heterocycles. The molecular weight excluding hydrogens is 286 g/mol. The van der Waals surface area contributed by atoms with Gasteiger partial charge in [-0.25, -0.2) is 4.79 Å². The van der Waals surface area contributed by atoms with E-state index in [4.69, 9.17) is 5.11 Å². The Kier molecular flexibility index (Phi) is 4.10. The zero-order chi connectivity index (χ0) is 14.8. The van der Waals surface area contributed by atoms with E-state index in [1.807, 2.05) is 10.3 Å². The number of thiophene rings is 1. The SMILES string of the molecule is O=C(O)C=Cc1cc(C(=O)N2CCCC3CCCC32)cs1. The smallest absolute Gasteiger partial charge is 0.328 e. The first kappa shape index (κ1) is 14.3. The number of rotatable bonds is 3. The second-order valence-electron chi connectivity index (χ2n) is 5.81. The molecule has 1 N–H and O–H groups in total. The lowest BCUT2D eigenvalue weighted by molar-refractivity contribution is -0.131. The number of hydrogen-bond acceptors (Lipinski definition) is 3. The highest BCUT2D eigenvalue weighted by Crippen LogP contribution is 2.37. The zero-order valence-electron chi connectivity index (χ0n) is 11.8. The van der Waals surface area contributed by atoms with Gasteiger partial charge in [-0.15, -0.1) is 11.3 Å². The minimum Gasteiger partial charge on any atom is -0.478 e. The summed E-state index contributed by atoms with van der Waals surface area (Å²) in [6, 6.07) is 2.22. The molecule has 1 aliphatic heterocycles. The number of carbonyl (C=O) groups excluding carboxylic acids is 1. The first-order chi connectivity index (χ1) is 10.1. The first-order valence-electron chi connectivity index (χ1n) is 7.45. The van der Waals surface area contributed by atoms with Crippen molar-refractivity contribution >= 4 is 29.3 Å². The van der Waals surface area contributed by atoms with Gasteiger partial charge in [0, 0.05) is 28.9 Å². The Balaban J connectivity index is 1.74. The summed E-state index contributed by atoms with van der Waals surface area (Å²) >= 11 is 1.41. The molecule has 5 heteroatoms. The maximum absolute atomic E-state index is 12.7. The average molecular weight is 305 g/mol. The lowest BCUT2D eigenvalue weighted by atomic mass is 9.91. The highest BCUT2D eigenvalue weighted by molar-refractivity contribution is 7.11. The Morgan fingerprint density at radius 1 is 1.29 bits per heavy atom. The van der Waals surface area contributed by atoms with Crippen LogP contribution in [0.3, 0.4) is 0 Å². The summed E-state index contributed by atoms with van der Waals surface area (Å²) in [5.74, 6) is -0.174. The molecule has 0 radical (unpaired) electrons. The second-order valence-corrected chi connectivity index (χ2v) is 6.75. The Labute approximate surface area is 128 Å². The van der Waals surface area contributed by atoms with Gasteiger partial charge < -0.3 is 10.0 Å². The van der Waals surface area contributed by atoms with Gasteiger partial charge in [0.2, 0.25) is 0 Å². The molecule has 1 aliphatic carbocycles. The van der Waals surface area contributed by atoms with Crippen LogP contribution in [0.25, 0.3) is 6.08 Å². The topological polar surface area (TPSA) is 57.6 Å². The van der Waals surface area contributed by atoms with Crippen LogP contribution in [0.2, 0.25) is 0 Å². The summed E-state index contributed by atoms with van der Waals surface area (Å²) in [4.78, 5) is 26.1. The summed E-state index contributed by atoms with van der Waals surface area (Å²) in [5, 5.41) is 10.5. The van der Waals surface area contributed by atoms with E-state index in [1.165, 1.54) is 30.6 Å². The van der Waals surface area contributed by atoms with Crippen molar-refractivity contribution < 1.29 is 14.7 Å². The number of carbonyl (C=O) groups is 2. The van der Waals surface area contributed by atoms with Crippen LogP contribution >= 0.6 is 11.3 Å². The van der Waals surface area contributed by atoms with Crippen molar-refractivity contribution in [3.8, 4) is 0 Å². The number of carboxylic acid groups (broad SMARTS) is 1. The van der Waals surface area contributed by atoms with Gasteiger partial charge in [0.05, 0.1) is 5.56 Å². The molecule has 4 nitrogen and oxygen atoms in total. The molecule has 1 aromatic rings. The Morgan fingerprint density at radius 2 is 2.10 bits per heavy atom. The number of aliphatic carboxylic acids is 1. The summed E-state index contributed by atoms with van der Waals surface area (Å²) in [6.45, 7) is 0.857. The third-order valence-electron chi connectivity index (χ3n) is 4.51. The molecule has 1 amide bonds. The lowest BCUT2D eigenvalue weighted by Gasteiger charge is -2.37.